The molecule has 54 valence electrons. The van der Waals surface area contributed by atoms with Crippen LogP contribution < -0.4 is 5.73 Å². The Hall–Kier alpha value is -0.0800. The zero-order valence-electron chi connectivity index (χ0n) is 5.71. The topological polar surface area (TPSA) is 46.2 Å². The molecule has 9 heavy (non-hydrogen) atoms. The third kappa shape index (κ3) is 2.82. The Kier molecular flexibility index (Phi) is 2.49. The van der Waals surface area contributed by atoms with Crippen molar-refractivity contribution in [2.24, 2.45) is 11.7 Å². The molecule has 0 bridgehead atoms. The number of rotatable bonds is 4. The Morgan fingerprint density at radius 1 is 1.56 bits per heavy atom. The van der Waals surface area contributed by atoms with Gasteiger partial charge in [0.25, 0.3) is 0 Å². The smallest absolute Gasteiger partial charge is 0.0554 e. The standard InChI is InChI=1S/C7H15NO/c8-4-3-7(9)5-6-1-2-6/h6-7,9H,1-5,8H2/t7-/m1/s1. The average molecular weight is 129 g/mol. The number of hydrogen-bond acceptors (Lipinski definition) is 2. The van der Waals surface area contributed by atoms with Crippen LogP contribution >= 0.6 is 0 Å². The number of aliphatic hydroxyl groups is 1. The van der Waals surface area contributed by atoms with E-state index in [4.69, 9.17) is 5.73 Å². The van der Waals surface area contributed by atoms with Crippen LogP contribution in [0.2, 0.25) is 0 Å². The van der Waals surface area contributed by atoms with Gasteiger partial charge in [-0.3, -0.25) is 0 Å². The van der Waals surface area contributed by atoms with E-state index in [-0.39, 0.29) is 6.10 Å². The monoisotopic (exact) mass is 129 g/mol. The average Bonchev–Trinajstić information content (AvgIpc) is 2.50. The number of nitrogens with two attached hydrogens (primary N) is 1. The van der Waals surface area contributed by atoms with Gasteiger partial charge in [0.15, 0.2) is 0 Å². The molecule has 2 heteroatoms. The lowest BCUT2D eigenvalue weighted by Gasteiger charge is -2.05. The summed E-state index contributed by atoms with van der Waals surface area (Å²) in [5.41, 5.74) is 5.27. The molecule has 0 aromatic carbocycles. The Morgan fingerprint density at radius 2 is 2.22 bits per heavy atom. The van der Waals surface area contributed by atoms with Crippen molar-refractivity contribution in [3.05, 3.63) is 0 Å². The molecule has 0 radical (unpaired) electrons. The molecular formula is C7H15NO. The van der Waals surface area contributed by atoms with Crippen molar-refractivity contribution < 1.29 is 5.11 Å². The quantitative estimate of drug-likeness (QED) is 0.580. The zero-order chi connectivity index (χ0) is 6.69. The van der Waals surface area contributed by atoms with E-state index in [9.17, 15) is 5.11 Å². The van der Waals surface area contributed by atoms with Crippen LogP contribution in [0.15, 0.2) is 0 Å². The van der Waals surface area contributed by atoms with E-state index in [1.807, 2.05) is 0 Å². The van der Waals surface area contributed by atoms with Gasteiger partial charge in [-0.25, -0.2) is 0 Å². The minimum Gasteiger partial charge on any atom is -0.393 e. The molecule has 0 heterocycles. The molecule has 1 fully saturated rings. The summed E-state index contributed by atoms with van der Waals surface area (Å²) in [5, 5.41) is 9.18. The summed E-state index contributed by atoms with van der Waals surface area (Å²) in [7, 11) is 0. The van der Waals surface area contributed by atoms with E-state index in [0.717, 1.165) is 18.8 Å². The Bertz CT molecular complexity index is 81.0. The second-order valence-electron chi connectivity index (χ2n) is 2.91. The van der Waals surface area contributed by atoms with Crippen LogP contribution in [0, 0.1) is 5.92 Å². The number of hydrogen-bond donors (Lipinski definition) is 2. The second-order valence-corrected chi connectivity index (χ2v) is 2.91. The maximum absolute atomic E-state index is 9.18. The normalized spacial score (nSPS) is 22.0. The highest BCUT2D eigenvalue weighted by atomic mass is 16.3. The largest absolute Gasteiger partial charge is 0.393 e. The Balaban J connectivity index is 1.95. The van der Waals surface area contributed by atoms with Crippen LogP contribution in [0.3, 0.4) is 0 Å². The molecule has 0 aromatic rings. The van der Waals surface area contributed by atoms with Gasteiger partial charge < -0.3 is 10.8 Å². The van der Waals surface area contributed by atoms with E-state index in [1.165, 1.54) is 12.8 Å². The van der Waals surface area contributed by atoms with Crippen molar-refractivity contribution in [3.8, 4) is 0 Å². The molecule has 1 atom stereocenters. The molecule has 3 N–H and O–H groups in total. The van der Waals surface area contributed by atoms with Crippen molar-refractivity contribution >= 4 is 0 Å². The summed E-state index contributed by atoms with van der Waals surface area (Å²) in [6, 6.07) is 0. The second kappa shape index (κ2) is 3.18. The van der Waals surface area contributed by atoms with Crippen molar-refractivity contribution in [2.75, 3.05) is 6.54 Å². The van der Waals surface area contributed by atoms with Crippen molar-refractivity contribution in [1.29, 1.82) is 0 Å². The molecule has 0 aromatic heterocycles. The summed E-state index contributed by atoms with van der Waals surface area (Å²) in [6.45, 7) is 0.619. The van der Waals surface area contributed by atoms with Gasteiger partial charge in [-0.1, -0.05) is 12.8 Å². The van der Waals surface area contributed by atoms with Gasteiger partial charge in [0.1, 0.15) is 0 Å². The van der Waals surface area contributed by atoms with Gasteiger partial charge in [-0.15, -0.1) is 0 Å². The van der Waals surface area contributed by atoms with Crippen LogP contribution in [-0.2, 0) is 0 Å². The fourth-order valence-corrected chi connectivity index (χ4v) is 1.05. The predicted octanol–water partition coefficient (Wildman–Crippen LogP) is 0.496. The molecular weight excluding hydrogens is 114 g/mol. The van der Waals surface area contributed by atoms with Gasteiger partial charge in [0, 0.05) is 0 Å². The van der Waals surface area contributed by atoms with Crippen molar-refractivity contribution in [1.82, 2.24) is 0 Å². The first-order valence-corrected chi connectivity index (χ1v) is 3.71. The first-order chi connectivity index (χ1) is 4.33. The van der Waals surface area contributed by atoms with Crippen LogP contribution in [0.4, 0.5) is 0 Å². The van der Waals surface area contributed by atoms with Crippen LogP contribution in [-0.4, -0.2) is 17.8 Å². The number of aliphatic hydroxyl groups excluding tert-OH is 1. The Morgan fingerprint density at radius 3 is 2.67 bits per heavy atom. The summed E-state index contributed by atoms with van der Waals surface area (Å²) in [6.07, 6.45) is 4.28. The minimum atomic E-state index is -0.123. The van der Waals surface area contributed by atoms with E-state index in [0.29, 0.717) is 6.54 Å². The van der Waals surface area contributed by atoms with Gasteiger partial charge in [0.2, 0.25) is 0 Å². The fourth-order valence-electron chi connectivity index (χ4n) is 1.05. The molecule has 0 saturated heterocycles. The summed E-state index contributed by atoms with van der Waals surface area (Å²) in [5.74, 6) is 0.826. The third-order valence-corrected chi connectivity index (χ3v) is 1.80. The van der Waals surface area contributed by atoms with Crippen molar-refractivity contribution in [2.45, 2.75) is 31.8 Å². The fraction of sp³-hybridized carbons (Fsp3) is 1.00. The van der Waals surface area contributed by atoms with E-state index < -0.39 is 0 Å². The van der Waals surface area contributed by atoms with Gasteiger partial charge >= 0.3 is 0 Å². The van der Waals surface area contributed by atoms with E-state index in [1.54, 1.807) is 0 Å². The highest BCUT2D eigenvalue weighted by molar-refractivity contribution is 4.76. The maximum Gasteiger partial charge on any atom is 0.0554 e. The van der Waals surface area contributed by atoms with Crippen LogP contribution in [0.25, 0.3) is 0 Å². The van der Waals surface area contributed by atoms with Gasteiger partial charge in [-0.2, -0.15) is 0 Å². The lowest BCUT2D eigenvalue weighted by Crippen LogP contribution is -2.13. The molecule has 0 amide bonds. The lowest BCUT2D eigenvalue weighted by atomic mass is 10.1. The van der Waals surface area contributed by atoms with Gasteiger partial charge in [0.05, 0.1) is 6.10 Å². The molecule has 1 aliphatic carbocycles. The molecule has 0 aliphatic heterocycles. The zero-order valence-corrected chi connectivity index (χ0v) is 5.71. The lowest BCUT2D eigenvalue weighted by molar-refractivity contribution is 0.150. The SMILES string of the molecule is NCC[C@@H](O)CC1CC1. The van der Waals surface area contributed by atoms with Crippen molar-refractivity contribution in [3.63, 3.8) is 0 Å². The van der Waals surface area contributed by atoms with Gasteiger partial charge in [-0.05, 0) is 25.3 Å². The highest BCUT2D eigenvalue weighted by Gasteiger charge is 2.23. The molecule has 1 aliphatic rings. The summed E-state index contributed by atoms with van der Waals surface area (Å²) in [4.78, 5) is 0. The first-order valence-electron chi connectivity index (χ1n) is 3.71. The highest BCUT2D eigenvalue weighted by Crippen LogP contribution is 2.33. The summed E-state index contributed by atoms with van der Waals surface area (Å²) >= 11 is 0. The predicted molar refractivity (Wildman–Crippen MR) is 37.0 cm³/mol. The molecule has 0 unspecified atom stereocenters. The van der Waals surface area contributed by atoms with E-state index >= 15 is 0 Å². The van der Waals surface area contributed by atoms with E-state index in [2.05, 4.69) is 0 Å². The van der Waals surface area contributed by atoms with Crippen LogP contribution in [0.5, 0.6) is 0 Å². The molecule has 1 rings (SSSR count). The van der Waals surface area contributed by atoms with Crippen LogP contribution in [0.1, 0.15) is 25.7 Å². The maximum atomic E-state index is 9.18. The molecule has 2 nitrogen and oxygen atoms in total. The third-order valence-electron chi connectivity index (χ3n) is 1.80. The molecule has 1 saturated carbocycles. The summed E-state index contributed by atoms with van der Waals surface area (Å²) < 4.78 is 0. The first kappa shape index (κ1) is 7.03. The minimum absolute atomic E-state index is 0.123. The molecule has 0 spiro atoms. The Labute approximate surface area is 56.1 Å².